The van der Waals surface area contributed by atoms with Gasteiger partial charge in [-0.1, -0.05) is 29.8 Å². The largest absolute Gasteiger partial charge is 0.493 e. The maximum absolute atomic E-state index is 5.98. The van der Waals surface area contributed by atoms with Crippen LogP contribution in [-0.4, -0.2) is 32.2 Å². The first-order valence-electron chi connectivity index (χ1n) is 8.38. The Kier molecular flexibility index (Phi) is 5.64. The Labute approximate surface area is 149 Å². The SMILES string of the molecule is COc1ccc(CN2CCC(c3ccc(Cl)cc3)CC2)cc1OC. The molecular weight excluding hydrogens is 322 g/mol. The van der Waals surface area contributed by atoms with Crippen LogP contribution in [0.4, 0.5) is 0 Å². The van der Waals surface area contributed by atoms with E-state index in [1.807, 2.05) is 18.2 Å². The second kappa shape index (κ2) is 7.91. The average Bonchev–Trinajstić information content (AvgIpc) is 2.63. The minimum absolute atomic E-state index is 0.643. The van der Waals surface area contributed by atoms with Crippen molar-refractivity contribution in [3.05, 3.63) is 58.6 Å². The van der Waals surface area contributed by atoms with Gasteiger partial charge in [0.2, 0.25) is 0 Å². The van der Waals surface area contributed by atoms with Gasteiger partial charge in [0.05, 0.1) is 14.2 Å². The van der Waals surface area contributed by atoms with E-state index in [2.05, 4.69) is 29.2 Å². The van der Waals surface area contributed by atoms with E-state index >= 15 is 0 Å². The molecule has 2 aromatic rings. The van der Waals surface area contributed by atoms with Crippen molar-refractivity contribution in [1.82, 2.24) is 4.90 Å². The van der Waals surface area contributed by atoms with Crippen LogP contribution in [0.1, 0.15) is 29.9 Å². The minimum atomic E-state index is 0.643. The zero-order valence-corrected chi connectivity index (χ0v) is 15.1. The summed E-state index contributed by atoms with van der Waals surface area (Å²) in [5.41, 5.74) is 2.67. The number of methoxy groups -OCH3 is 2. The van der Waals surface area contributed by atoms with Gasteiger partial charge in [0.25, 0.3) is 0 Å². The summed E-state index contributed by atoms with van der Waals surface area (Å²) in [7, 11) is 3.35. The van der Waals surface area contributed by atoms with Crippen molar-refractivity contribution < 1.29 is 9.47 Å². The second-order valence-corrected chi connectivity index (χ2v) is 6.73. The molecule has 128 valence electrons. The number of piperidine rings is 1. The smallest absolute Gasteiger partial charge is 0.161 e. The molecule has 0 saturated carbocycles. The maximum atomic E-state index is 5.98. The normalized spacial score (nSPS) is 16.1. The number of benzene rings is 2. The third-order valence-corrected chi connectivity index (χ3v) is 5.04. The summed E-state index contributed by atoms with van der Waals surface area (Å²) >= 11 is 5.98. The van der Waals surface area contributed by atoms with Gasteiger partial charge in [-0.3, -0.25) is 4.90 Å². The highest BCUT2D eigenvalue weighted by molar-refractivity contribution is 6.30. The quantitative estimate of drug-likeness (QED) is 0.781. The van der Waals surface area contributed by atoms with E-state index in [0.29, 0.717) is 5.92 Å². The minimum Gasteiger partial charge on any atom is -0.493 e. The van der Waals surface area contributed by atoms with Crippen LogP contribution >= 0.6 is 11.6 Å². The average molecular weight is 346 g/mol. The van der Waals surface area contributed by atoms with Gasteiger partial charge in [-0.2, -0.15) is 0 Å². The Hall–Kier alpha value is -1.71. The lowest BCUT2D eigenvalue weighted by Crippen LogP contribution is -2.32. The molecule has 0 bridgehead atoms. The molecule has 4 heteroatoms. The number of nitrogens with zero attached hydrogens (tertiary/aromatic N) is 1. The van der Waals surface area contributed by atoms with Gasteiger partial charge in [0.15, 0.2) is 11.5 Å². The molecule has 0 radical (unpaired) electrons. The van der Waals surface area contributed by atoms with Crippen molar-refractivity contribution in [2.75, 3.05) is 27.3 Å². The summed E-state index contributed by atoms with van der Waals surface area (Å²) in [6.45, 7) is 3.18. The summed E-state index contributed by atoms with van der Waals surface area (Å²) in [6.07, 6.45) is 2.38. The molecule has 0 aliphatic carbocycles. The molecule has 0 aromatic heterocycles. The van der Waals surface area contributed by atoms with E-state index in [-0.39, 0.29) is 0 Å². The van der Waals surface area contributed by atoms with Crippen molar-refractivity contribution in [2.24, 2.45) is 0 Å². The van der Waals surface area contributed by atoms with Crippen LogP contribution in [-0.2, 0) is 6.54 Å². The van der Waals surface area contributed by atoms with Gasteiger partial charge in [0.1, 0.15) is 0 Å². The van der Waals surface area contributed by atoms with E-state index in [1.165, 1.54) is 24.0 Å². The zero-order chi connectivity index (χ0) is 16.9. The van der Waals surface area contributed by atoms with Crippen molar-refractivity contribution >= 4 is 11.6 Å². The molecular formula is C20H24ClNO2. The number of hydrogen-bond acceptors (Lipinski definition) is 3. The molecule has 1 aliphatic rings. The lowest BCUT2D eigenvalue weighted by atomic mass is 9.89. The fourth-order valence-electron chi connectivity index (χ4n) is 3.40. The molecule has 0 amide bonds. The van der Waals surface area contributed by atoms with Crippen LogP contribution in [0.3, 0.4) is 0 Å². The molecule has 2 aromatic carbocycles. The van der Waals surface area contributed by atoms with Gasteiger partial charge < -0.3 is 9.47 Å². The molecule has 3 rings (SSSR count). The van der Waals surface area contributed by atoms with Crippen LogP contribution in [0.15, 0.2) is 42.5 Å². The first-order chi connectivity index (χ1) is 11.7. The van der Waals surface area contributed by atoms with E-state index in [1.54, 1.807) is 14.2 Å². The summed E-state index contributed by atoms with van der Waals surface area (Å²) < 4.78 is 10.7. The van der Waals surface area contributed by atoms with Gasteiger partial charge in [0, 0.05) is 11.6 Å². The Balaban J connectivity index is 1.58. The van der Waals surface area contributed by atoms with E-state index < -0.39 is 0 Å². The van der Waals surface area contributed by atoms with Crippen molar-refractivity contribution in [2.45, 2.75) is 25.3 Å². The van der Waals surface area contributed by atoms with Crippen LogP contribution in [0.2, 0.25) is 5.02 Å². The molecule has 1 heterocycles. The summed E-state index contributed by atoms with van der Waals surface area (Å²) in [5.74, 6) is 2.22. The highest BCUT2D eigenvalue weighted by Gasteiger charge is 2.20. The second-order valence-electron chi connectivity index (χ2n) is 6.29. The van der Waals surface area contributed by atoms with E-state index in [4.69, 9.17) is 21.1 Å². The number of halogens is 1. The third kappa shape index (κ3) is 4.03. The monoisotopic (exact) mass is 345 g/mol. The lowest BCUT2D eigenvalue weighted by molar-refractivity contribution is 0.204. The highest BCUT2D eigenvalue weighted by atomic mass is 35.5. The molecule has 0 atom stereocenters. The standard InChI is InChI=1S/C20H24ClNO2/c1-23-19-8-3-15(13-20(19)24-2)14-22-11-9-17(10-12-22)16-4-6-18(21)7-5-16/h3-8,13,17H,9-12,14H2,1-2H3. The number of likely N-dealkylation sites (tertiary alicyclic amines) is 1. The molecule has 0 spiro atoms. The van der Waals surface area contributed by atoms with Crippen molar-refractivity contribution in [1.29, 1.82) is 0 Å². The predicted molar refractivity (Wildman–Crippen MR) is 98.3 cm³/mol. The van der Waals surface area contributed by atoms with Gasteiger partial charge in [-0.05, 0) is 67.2 Å². The summed E-state index contributed by atoms with van der Waals surface area (Å²) in [5, 5.41) is 0.810. The molecule has 0 N–H and O–H groups in total. The topological polar surface area (TPSA) is 21.7 Å². The van der Waals surface area contributed by atoms with E-state index in [0.717, 1.165) is 36.2 Å². The third-order valence-electron chi connectivity index (χ3n) is 4.78. The molecule has 1 aliphatic heterocycles. The molecule has 1 saturated heterocycles. The van der Waals surface area contributed by atoms with Crippen LogP contribution < -0.4 is 9.47 Å². The first-order valence-corrected chi connectivity index (χ1v) is 8.76. The first kappa shape index (κ1) is 17.1. The Morgan fingerprint density at radius 3 is 2.25 bits per heavy atom. The summed E-state index contributed by atoms with van der Waals surface area (Å²) in [4.78, 5) is 2.51. The highest BCUT2D eigenvalue weighted by Crippen LogP contribution is 2.31. The van der Waals surface area contributed by atoms with Crippen molar-refractivity contribution in [3.63, 3.8) is 0 Å². The van der Waals surface area contributed by atoms with Crippen LogP contribution in [0.5, 0.6) is 11.5 Å². The number of rotatable bonds is 5. The zero-order valence-electron chi connectivity index (χ0n) is 14.3. The Morgan fingerprint density at radius 1 is 0.958 bits per heavy atom. The summed E-state index contributed by atoms with van der Waals surface area (Å²) in [6, 6.07) is 14.5. The lowest BCUT2D eigenvalue weighted by Gasteiger charge is -2.32. The van der Waals surface area contributed by atoms with Gasteiger partial charge in [-0.15, -0.1) is 0 Å². The Bertz CT molecular complexity index is 664. The molecule has 24 heavy (non-hydrogen) atoms. The fraction of sp³-hybridized carbons (Fsp3) is 0.400. The molecule has 0 unspecified atom stereocenters. The van der Waals surface area contributed by atoms with Gasteiger partial charge >= 0.3 is 0 Å². The fourth-order valence-corrected chi connectivity index (χ4v) is 3.52. The van der Waals surface area contributed by atoms with Crippen molar-refractivity contribution in [3.8, 4) is 11.5 Å². The van der Waals surface area contributed by atoms with Crippen LogP contribution in [0, 0.1) is 0 Å². The molecule has 1 fully saturated rings. The maximum Gasteiger partial charge on any atom is 0.161 e. The Morgan fingerprint density at radius 2 is 1.62 bits per heavy atom. The number of ether oxygens (including phenoxy) is 2. The predicted octanol–water partition coefficient (Wildman–Crippen LogP) is 4.74. The van der Waals surface area contributed by atoms with Gasteiger partial charge in [-0.25, -0.2) is 0 Å². The van der Waals surface area contributed by atoms with E-state index in [9.17, 15) is 0 Å². The molecule has 3 nitrogen and oxygen atoms in total. The number of hydrogen-bond donors (Lipinski definition) is 0. The van der Waals surface area contributed by atoms with Crippen LogP contribution in [0.25, 0.3) is 0 Å².